The molecule has 5 heteroatoms. The molecule has 0 bridgehead atoms. The number of benzene rings is 8. The second kappa shape index (κ2) is 13.0. The molecule has 0 saturated carbocycles. The van der Waals surface area contributed by atoms with Gasteiger partial charge >= 0.3 is 0 Å². The van der Waals surface area contributed by atoms with Gasteiger partial charge in [-0.3, -0.25) is 0 Å². The van der Waals surface area contributed by atoms with Crippen LogP contribution in [0, 0.1) is 0 Å². The Kier molecular flexibility index (Phi) is 7.42. The molecule has 0 amide bonds. The zero-order chi connectivity index (χ0) is 37.0. The number of hydrogen-bond acceptors (Lipinski definition) is 4. The molecule has 0 saturated heterocycles. The van der Waals surface area contributed by atoms with E-state index in [0.717, 1.165) is 66.5 Å². The first-order valence-corrected chi connectivity index (χ1v) is 18.8. The monoisotopic (exact) mass is 716 g/mol. The summed E-state index contributed by atoms with van der Waals surface area (Å²) in [6, 6.07) is 67.4. The molecule has 0 spiro atoms. The second-order valence-corrected chi connectivity index (χ2v) is 14.0. The third-order valence-electron chi connectivity index (χ3n) is 10.6. The van der Waals surface area contributed by atoms with E-state index in [0.29, 0.717) is 17.5 Å². The first kappa shape index (κ1) is 31.9. The van der Waals surface area contributed by atoms with E-state index in [9.17, 15) is 0 Å². The molecule has 56 heavy (non-hydrogen) atoms. The molecular formula is C51H32N4O. The standard InChI is InChI=1S/C51H32N4O/c1-5-16-33(17-6-1)39-25-15-27-44-47(39)40-24-13-14-26-43(40)55(44)38-31-42(34-18-7-2-8-19-34)48-41-29-28-37(30-45(41)56-46(48)32-38)51-53-49(35-20-9-3-10-21-35)52-50(54-51)36-22-11-4-12-23-36/h1-32H. The van der Waals surface area contributed by atoms with Gasteiger partial charge < -0.3 is 8.98 Å². The lowest BCUT2D eigenvalue weighted by Gasteiger charge is -2.12. The quantitative estimate of drug-likeness (QED) is 0.172. The van der Waals surface area contributed by atoms with Gasteiger partial charge in [0.2, 0.25) is 0 Å². The van der Waals surface area contributed by atoms with Crippen molar-refractivity contribution in [3.8, 4) is 62.1 Å². The van der Waals surface area contributed by atoms with Gasteiger partial charge in [-0.1, -0.05) is 158 Å². The number of fused-ring (bicyclic) bond motifs is 6. The molecule has 262 valence electrons. The van der Waals surface area contributed by atoms with Crippen LogP contribution < -0.4 is 0 Å². The Morgan fingerprint density at radius 2 is 0.875 bits per heavy atom. The van der Waals surface area contributed by atoms with Crippen LogP contribution in [-0.4, -0.2) is 19.5 Å². The van der Waals surface area contributed by atoms with Crippen molar-refractivity contribution in [3.63, 3.8) is 0 Å². The lowest BCUT2D eigenvalue weighted by Crippen LogP contribution is -2.00. The third-order valence-corrected chi connectivity index (χ3v) is 10.6. The van der Waals surface area contributed by atoms with Crippen molar-refractivity contribution in [1.82, 2.24) is 19.5 Å². The molecule has 0 aliphatic rings. The average molecular weight is 717 g/mol. The fourth-order valence-electron chi connectivity index (χ4n) is 8.10. The highest BCUT2D eigenvalue weighted by molar-refractivity contribution is 6.17. The van der Waals surface area contributed by atoms with Gasteiger partial charge in [0.1, 0.15) is 11.2 Å². The van der Waals surface area contributed by atoms with Crippen LogP contribution in [0.15, 0.2) is 199 Å². The smallest absolute Gasteiger partial charge is 0.164 e. The van der Waals surface area contributed by atoms with E-state index >= 15 is 0 Å². The molecule has 0 unspecified atom stereocenters. The fourth-order valence-corrected chi connectivity index (χ4v) is 8.10. The van der Waals surface area contributed by atoms with Crippen molar-refractivity contribution in [2.75, 3.05) is 0 Å². The van der Waals surface area contributed by atoms with Gasteiger partial charge in [0, 0.05) is 44.3 Å². The summed E-state index contributed by atoms with van der Waals surface area (Å²) < 4.78 is 9.26. The molecular weight excluding hydrogens is 685 g/mol. The summed E-state index contributed by atoms with van der Waals surface area (Å²) in [5.41, 5.74) is 12.2. The molecule has 0 radical (unpaired) electrons. The van der Waals surface area contributed by atoms with Gasteiger partial charge in [0.15, 0.2) is 17.5 Å². The van der Waals surface area contributed by atoms with E-state index in [4.69, 9.17) is 19.4 Å². The lowest BCUT2D eigenvalue weighted by atomic mass is 9.98. The summed E-state index contributed by atoms with van der Waals surface area (Å²) >= 11 is 0. The Morgan fingerprint density at radius 3 is 1.52 bits per heavy atom. The SMILES string of the molecule is c1ccc(-c2nc(-c3ccccc3)nc(-c3ccc4c(c3)oc3cc(-n5c6ccccc6c6c(-c7ccccc7)cccc65)cc(-c5ccccc5)c34)n2)cc1. The van der Waals surface area contributed by atoms with Crippen LogP contribution in [0.1, 0.15) is 0 Å². The summed E-state index contributed by atoms with van der Waals surface area (Å²) in [6.45, 7) is 0. The molecule has 0 aliphatic heterocycles. The molecule has 11 aromatic rings. The van der Waals surface area contributed by atoms with Gasteiger partial charge in [-0.05, 0) is 52.6 Å². The second-order valence-electron chi connectivity index (χ2n) is 14.0. The predicted molar refractivity (Wildman–Crippen MR) is 229 cm³/mol. The Morgan fingerprint density at radius 1 is 0.339 bits per heavy atom. The van der Waals surface area contributed by atoms with Gasteiger partial charge in [0.25, 0.3) is 0 Å². The molecule has 11 rings (SSSR count). The number of rotatable bonds is 6. The van der Waals surface area contributed by atoms with Crippen molar-refractivity contribution in [2.45, 2.75) is 0 Å². The fraction of sp³-hybridized carbons (Fsp3) is 0. The largest absolute Gasteiger partial charge is 0.456 e. The Bertz CT molecular complexity index is 3170. The van der Waals surface area contributed by atoms with Crippen molar-refractivity contribution >= 4 is 43.7 Å². The predicted octanol–water partition coefficient (Wildman–Crippen LogP) is 13.2. The van der Waals surface area contributed by atoms with Crippen molar-refractivity contribution in [2.24, 2.45) is 0 Å². The molecule has 3 aromatic heterocycles. The summed E-state index contributed by atoms with van der Waals surface area (Å²) in [7, 11) is 0. The minimum Gasteiger partial charge on any atom is -0.456 e. The normalized spacial score (nSPS) is 11.6. The number of aromatic nitrogens is 4. The molecule has 0 atom stereocenters. The van der Waals surface area contributed by atoms with E-state index in [1.54, 1.807) is 0 Å². The topological polar surface area (TPSA) is 56.7 Å². The summed E-state index contributed by atoms with van der Waals surface area (Å²) in [5.74, 6) is 1.83. The zero-order valence-corrected chi connectivity index (χ0v) is 30.2. The molecule has 0 N–H and O–H groups in total. The minimum absolute atomic E-state index is 0.587. The summed E-state index contributed by atoms with van der Waals surface area (Å²) in [6.07, 6.45) is 0. The number of furan rings is 1. The molecule has 8 aromatic carbocycles. The first-order valence-electron chi connectivity index (χ1n) is 18.8. The van der Waals surface area contributed by atoms with Crippen molar-refractivity contribution < 1.29 is 4.42 Å². The van der Waals surface area contributed by atoms with Crippen LogP contribution in [0.5, 0.6) is 0 Å². The van der Waals surface area contributed by atoms with Crippen LogP contribution in [0.3, 0.4) is 0 Å². The van der Waals surface area contributed by atoms with Crippen molar-refractivity contribution in [1.29, 1.82) is 0 Å². The van der Waals surface area contributed by atoms with E-state index < -0.39 is 0 Å². The van der Waals surface area contributed by atoms with E-state index in [2.05, 4.69) is 138 Å². The highest BCUT2D eigenvalue weighted by atomic mass is 16.3. The summed E-state index contributed by atoms with van der Waals surface area (Å²) in [4.78, 5) is 14.9. The van der Waals surface area contributed by atoms with Gasteiger partial charge in [-0.25, -0.2) is 15.0 Å². The van der Waals surface area contributed by atoms with Gasteiger partial charge in [-0.2, -0.15) is 0 Å². The van der Waals surface area contributed by atoms with E-state index in [-0.39, 0.29) is 0 Å². The number of nitrogens with zero attached hydrogens (tertiary/aromatic N) is 4. The zero-order valence-electron chi connectivity index (χ0n) is 30.2. The number of hydrogen-bond donors (Lipinski definition) is 0. The molecule has 5 nitrogen and oxygen atoms in total. The first-order chi connectivity index (χ1) is 27.8. The van der Waals surface area contributed by atoms with Crippen LogP contribution in [0.25, 0.3) is 106 Å². The van der Waals surface area contributed by atoms with E-state index in [1.165, 1.54) is 21.9 Å². The third kappa shape index (κ3) is 5.29. The van der Waals surface area contributed by atoms with Crippen LogP contribution in [0.4, 0.5) is 0 Å². The van der Waals surface area contributed by atoms with Crippen molar-refractivity contribution in [3.05, 3.63) is 194 Å². The molecule has 3 heterocycles. The number of para-hydroxylation sites is 1. The van der Waals surface area contributed by atoms with Gasteiger partial charge in [-0.15, -0.1) is 0 Å². The Balaban J connectivity index is 1.14. The maximum atomic E-state index is 6.88. The maximum Gasteiger partial charge on any atom is 0.164 e. The van der Waals surface area contributed by atoms with Gasteiger partial charge in [0.05, 0.1) is 16.7 Å². The highest BCUT2D eigenvalue weighted by Gasteiger charge is 2.21. The minimum atomic E-state index is 0.587. The molecule has 0 fully saturated rings. The Labute approximate surface area is 322 Å². The van der Waals surface area contributed by atoms with Crippen LogP contribution >= 0.6 is 0 Å². The average Bonchev–Trinajstić information content (AvgIpc) is 3.82. The molecule has 0 aliphatic carbocycles. The summed E-state index contributed by atoms with van der Waals surface area (Å²) in [5, 5.41) is 4.54. The van der Waals surface area contributed by atoms with Crippen LogP contribution in [-0.2, 0) is 0 Å². The Hall–Kier alpha value is -7.63. The van der Waals surface area contributed by atoms with E-state index in [1.807, 2.05) is 60.7 Å². The highest BCUT2D eigenvalue weighted by Crippen LogP contribution is 2.43. The van der Waals surface area contributed by atoms with Crippen LogP contribution in [0.2, 0.25) is 0 Å². The lowest BCUT2D eigenvalue weighted by molar-refractivity contribution is 0.669. The maximum absolute atomic E-state index is 6.88.